The third kappa shape index (κ3) is 7.25. The van der Waals surface area contributed by atoms with Crippen molar-refractivity contribution in [1.82, 2.24) is 4.90 Å². The van der Waals surface area contributed by atoms with Gasteiger partial charge >= 0.3 is 12.5 Å². The van der Waals surface area contributed by atoms with E-state index in [9.17, 15) is 27.9 Å². The average Bonchev–Trinajstić information content (AvgIpc) is 2.72. The molecule has 2 aromatic carbocycles. The fraction of sp³-hybridized carbons (Fsp3) is 0.417. The number of carbonyl (C=O) groups excluding carboxylic acids is 2. The van der Waals surface area contributed by atoms with Crippen molar-refractivity contribution in [3.63, 3.8) is 0 Å². The highest BCUT2D eigenvalue weighted by atomic mass is 35.5. The van der Waals surface area contributed by atoms with Crippen LogP contribution in [0.5, 0.6) is 5.75 Å². The zero-order valence-electron chi connectivity index (χ0n) is 19.4. The van der Waals surface area contributed by atoms with Crippen molar-refractivity contribution in [2.75, 3.05) is 11.9 Å². The second kappa shape index (κ2) is 10.3. The molecule has 2 aromatic rings. The van der Waals surface area contributed by atoms with Gasteiger partial charge in [-0.25, -0.2) is 4.79 Å². The topological polar surface area (TPSA) is 88.1 Å². The van der Waals surface area contributed by atoms with Crippen LogP contribution in [0.2, 0.25) is 5.02 Å². The number of para-hydroxylation sites is 1. The predicted octanol–water partition coefficient (Wildman–Crippen LogP) is 5.60. The summed E-state index contributed by atoms with van der Waals surface area (Å²) in [6, 6.07) is 8.89. The lowest BCUT2D eigenvalue weighted by Crippen LogP contribution is -2.54. The van der Waals surface area contributed by atoms with Gasteiger partial charge in [-0.05, 0) is 45.4 Å². The number of aliphatic hydroxyl groups is 1. The van der Waals surface area contributed by atoms with Gasteiger partial charge in [-0.3, -0.25) is 9.69 Å². The van der Waals surface area contributed by atoms with Gasteiger partial charge in [-0.1, -0.05) is 35.9 Å². The highest BCUT2D eigenvalue weighted by molar-refractivity contribution is 6.33. The zero-order chi connectivity index (χ0) is 26.0. The van der Waals surface area contributed by atoms with Crippen molar-refractivity contribution >= 4 is 29.3 Å². The van der Waals surface area contributed by atoms with Gasteiger partial charge in [-0.2, -0.15) is 0 Å². The smallest absolute Gasteiger partial charge is 0.444 e. The van der Waals surface area contributed by atoms with E-state index in [1.807, 2.05) is 0 Å². The number of anilines is 1. The number of hydrogen-bond acceptors (Lipinski definition) is 5. The minimum absolute atomic E-state index is 0.0268. The van der Waals surface area contributed by atoms with Crippen LogP contribution >= 0.6 is 11.6 Å². The van der Waals surface area contributed by atoms with Crippen LogP contribution in [-0.2, 0) is 9.53 Å². The van der Waals surface area contributed by atoms with Crippen LogP contribution in [0.3, 0.4) is 0 Å². The van der Waals surface area contributed by atoms with Crippen LogP contribution in [0.25, 0.3) is 11.1 Å². The monoisotopic (exact) mass is 514 g/mol. The maximum absolute atomic E-state index is 13.0. The molecule has 2 atom stereocenters. The van der Waals surface area contributed by atoms with Crippen LogP contribution in [0.1, 0.15) is 33.6 Å². The number of likely N-dealkylation sites (tertiary alicyclic amines) is 1. The van der Waals surface area contributed by atoms with Crippen LogP contribution in [0, 0.1) is 0 Å². The van der Waals surface area contributed by atoms with Crippen molar-refractivity contribution < 1.29 is 37.3 Å². The summed E-state index contributed by atoms with van der Waals surface area (Å²) in [6.45, 7) is 5.27. The number of halogens is 4. The first-order valence-corrected chi connectivity index (χ1v) is 11.2. The Bertz CT molecular complexity index is 1090. The first kappa shape index (κ1) is 26.6. The largest absolute Gasteiger partial charge is 0.573 e. The summed E-state index contributed by atoms with van der Waals surface area (Å²) in [5.41, 5.74) is -0.0988. The number of nitrogens with one attached hydrogen (secondary N) is 1. The summed E-state index contributed by atoms with van der Waals surface area (Å²) in [6.07, 6.45) is -5.97. The number of hydrogen-bond donors (Lipinski definition) is 2. The van der Waals surface area contributed by atoms with Gasteiger partial charge < -0.3 is 19.9 Å². The van der Waals surface area contributed by atoms with Crippen molar-refractivity contribution in [2.45, 2.75) is 57.7 Å². The van der Waals surface area contributed by atoms with E-state index in [-0.39, 0.29) is 34.8 Å². The van der Waals surface area contributed by atoms with Gasteiger partial charge in [0.15, 0.2) is 0 Å². The summed E-state index contributed by atoms with van der Waals surface area (Å²) in [5.74, 6) is -0.970. The predicted molar refractivity (Wildman–Crippen MR) is 124 cm³/mol. The van der Waals surface area contributed by atoms with Gasteiger partial charge in [0.25, 0.3) is 0 Å². The van der Waals surface area contributed by atoms with Crippen molar-refractivity contribution in [3.8, 4) is 16.9 Å². The van der Waals surface area contributed by atoms with Crippen LogP contribution in [0.4, 0.5) is 23.7 Å². The van der Waals surface area contributed by atoms with Crippen LogP contribution in [-0.4, -0.2) is 52.7 Å². The number of ether oxygens (including phenoxy) is 2. The summed E-state index contributed by atoms with van der Waals surface area (Å²) in [4.78, 5) is 26.9. The molecule has 0 unspecified atom stereocenters. The summed E-state index contributed by atoms with van der Waals surface area (Å²) in [7, 11) is 0. The van der Waals surface area contributed by atoms with Gasteiger partial charge in [0.1, 0.15) is 17.4 Å². The molecule has 0 radical (unpaired) electrons. The summed E-state index contributed by atoms with van der Waals surface area (Å²) >= 11 is 6.34. The summed E-state index contributed by atoms with van der Waals surface area (Å²) in [5, 5.41) is 12.8. The highest BCUT2D eigenvalue weighted by Crippen LogP contribution is 2.38. The first-order valence-electron chi connectivity index (χ1n) is 10.9. The second-order valence-corrected chi connectivity index (χ2v) is 9.50. The first-order chi connectivity index (χ1) is 16.2. The van der Waals surface area contributed by atoms with Crippen molar-refractivity contribution in [2.24, 2.45) is 0 Å². The highest BCUT2D eigenvalue weighted by Gasteiger charge is 2.38. The van der Waals surface area contributed by atoms with Gasteiger partial charge in [0.2, 0.25) is 5.91 Å². The zero-order valence-corrected chi connectivity index (χ0v) is 20.1. The maximum atomic E-state index is 13.0. The molecule has 1 saturated heterocycles. The van der Waals surface area contributed by atoms with E-state index in [1.165, 1.54) is 41.3 Å². The molecule has 35 heavy (non-hydrogen) atoms. The number of nitrogens with zero attached hydrogens (tertiary/aromatic N) is 1. The van der Waals surface area contributed by atoms with Gasteiger partial charge in [0, 0.05) is 29.8 Å². The normalized spacial score (nSPS) is 18.7. The minimum atomic E-state index is -4.87. The Labute approximate surface area is 205 Å². The Kier molecular flexibility index (Phi) is 7.86. The van der Waals surface area contributed by atoms with E-state index >= 15 is 0 Å². The molecular weight excluding hydrogens is 489 g/mol. The lowest BCUT2D eigenvalue weighted by atomic mass is 9.99. The van der Waals surface area contributed by atoms with E-state index in [0.717, 1.165) is 0 Å². The lowest BCUT2D eigenvalue weighted by Gasteiger charge is -2.37. The fourth-order valence-electron chi connectivity index (χ4n) is 3.67. The minimum Gasteiger partial charge on any atom is -0.444 e. The van der Waals surface area contributed by atoms with E-state index in [0.29, 0.717) is 6.42 Å². The van der Waals surface area contributed by atoms with E-state index in [2.05, 4.69) is 10.1 Å². The number of benzene rings is 2. The molecule has 2 amide bonds. The molecular formula is C24H26ClF3N2O5. The average molecular weight is 515 g/mol. The third-order valence-electron chi connectivity index (χ3n) is 5.14. The SMILES string of the molecule is CC(C)(C)OC(=O)N1CC[C@@H](O)C[C@@H]1C(=O)Nc1ccc(-c2ccccc2OC(F)(F)F)c(Cl)c1. The molecule has 1 heterocycles. The number of rotatable bonds is 4. The molecule has 190 valence electrons. The molecule has 11 heteroatoms. The van der Waals surface area contributed by atoms with Crippen molar-refractivity contribution in [1.29, 1.82) is 0 Å². The Hall–Kier alpha value is -2.98. The summed E-state index contributed by atoms with van der Waals surface area (Å²) < 4.78 is 47.8. The Balaban J connectivity index is 1.80. The molecule has 7 nitrogen and oxygen atoms in total. The van der Waals surface area contributed by atoms with E-state index < -0.39 is 41.9 Å². The van der Waals surface area contributed by atoms with Gasteiger partial charge in [0.05, 0.1) is 11.1 Å². The Morgan fingerprint density at radius 2 is 1.80 bits per heavy atom. The molecule has 0 aromatic heterocycles. The Morgan fingerprint density at radius 3 is 2.43 bits per heavy atom. The molecule has 3 rings (SSSR count). The van der Waals surface area contributed by atoms with Crippen LogP contribution < -0.4 is 10.1 Å². The van der Waals surface area contributed by atoms with E-state index in [1.54, 1.807) is 26.8 Å². The van der Waals surface area contributed by atoms with Crippen LogP contribution in [0.15, 0.2) is 42.5 Å². The van der Waals surface area contributed by atoms with Crippen molar-refractivity contribution in [3.05, 3.63) is 47.5 Å². The molecule has 0 spiro atoms. The molecule has 1 aliphatic rings. The molecule has 1 aliphatic heterocycles. The molecule has 0 bridgehead atoms. The lowest BCUT2D eigenvalue weighted by molar-refractivity contribution is -0.274. The van der Waals surface area contributed by atoms with E-state index in [4.69, 9.17) is 16.3 Å². The molecule has 0 aliphatic carbocycles. The molecule has 2 N–H and O–H groups in total. The standard InChI is InChI=1S/C24H26ClF3N2O5/c1-23(2,3)35-22(33)30-11-10-15(31)13-19(30)21(32)29-14-8-9-16(18(25)12-14)17-6-4-5-7-20(17)34-24(26,27)28/h4-9,12,15,19,31H,10-11,13H2,1-3H3,(H,29,32)/t15-,19-/m1/s1. The molecule has 0 saturated carbocycles. The number of piperidine rings is 1. The van der Waals surface area contributed by atoms with Gasteiger partial charge in [-0.15, -0.1) is 13.2 Å². The number of carbonyl (C=O) groups is 2. The number of aliphatic hydroxyl groups excluding tert-OH is 1. The quantitative estimate of drug-likeness (QED) is 0.554. The fourth-order valence-corrected chi connectivity index (χ4v) is 3.96. The molecule has 1 fully saturated rings. The maximum Gasteiger partial charge on any atom is 0.573 e. The third-order valence-corrected chi connectivity index (χ3v) is 5.46. The number of amides is 2. The number of alkyl halides is 3. The second-order valence-electron chi connectivity index (χ2n) is 9.10. The Morgan fingerprint density at radius 1 is 1.11 bits per heavy atom.